The van der Waals surface area contributed by atoms with Gasteiger partial charge in [-0.25, -0.2) is 4.98 Å². The van der Waals surface area contributed by atoms with Crippen molar-refractivity contribution in [2.45, 2.75) is 39.4 Å². The second kappa shape index (κ2) is 10.8. The zero-order chi connectivity index (χ0) is 20.9. The second-order valence-corrected chi connectivity index (χ2v) is 8.57. The number of pyridine rings is 1. The Morgan fingerprint density at radius 3 is 2.94 bits per heavy atom. The highest BCUT2D eigenvalue weighted by Crippen LogP contribution is 2.28. The van der Waals surface area contributed by atoms with Crippen molar-refractivity contribution in [3.05, 3.63) is 70.7 Å². The molecule has 1 unspecified atom stereocenters. The van der Waals surface area contributed by atoms with E-state index < -0.39 is 0 Å². The van der Waals surface area contributed by atoms with E-state index in [-0.39, 0.29) is 13.7 Å². The average molecular weight is 451 g/mol. The van der Waals surface area contributed by atoms with Crippen LogP contribution in [0, 0.1) is 0 Å². The smallest absolute Gasteiger partial charge is 0.157 e. The zero-order valence-electron chi connectivity index (χ0n) is 17.4. The molecule has 4 aromatic rings. The lowest BCUT2D eigenvalue weighted by molar-refractivity contribution is -0.165. The largest absolute Gasteiger partial charge is 0.491 e. The van der Waals surface area contributed by atoms with Gasteiger partial charge in [-0.1, -0.05) is 19.6 Å². The van der Waals surface area contributed by atoms with Crippen LogP contribution in [0.3, 0.4) is 0 Å². The molecule has 4 heterocycles. The van der Waals surface area contributed by atoms with E-state index in [0.29, 0.717) is 13.2 Å². The Morgan fingerprint density at radius 2 is 2.09 bits per heavy atom. The summed E-state index contributed by atoms with van der Waals surface area (Å²) < 4.78 is 17.3. The molecule has 1 N–H and O–H groups in total. The van der Waals surface area contributed by atoms with E-state index in [4.69, 9.17) is 14.2 Å². The van der Waals surface area contributed by atoms with E-state index in [1.54, 1.807) is 11.3 Å². The van der Waals surface area contributed by atoms with Crippen molar-refractivity contribution < 1.29 is 14.2 Å². The number of H-pyrrole nitrogens is 1. The third-order valence-electron chi connectivity index (χ3n) is 5.56. The van der Waals surface area contributed by atoms with E-state index in [9.17, 15) is 0 Å². The number of ether oxygens (including phenoxy) is 3. The van der Waals surface area contributed by atoms with Crippen molar-refractivity contribution in [2.75, 3.05) is 19.8 Å². The van der Waals surface area contributed by atoms with Crippen LogP contribution >= 0.6 is 11.3 Å². The minimum atomic E-state index is -0.0712. The predicted molar refractivity (Wildman–Crippen MR) is 130 cm³/mol. The van der Waals surface area contributed by atoms with E-state index in [0.717, 1.165) is 48.2 Å². The molecule has 0 saturated carbocycles. The van der Waals surface area contributed by atoms with Gasteiger partial charge in [0.25, 0.3) is 0 Å². The molecule has 0 spiro atoms. The molecule has 168 valence electrons. The molecule has 0 aliphatic carbocycles. The van der Waals surface area contributed by atoms with Gasteiger partial charge in [-0.05, 0) is 77.4 Å². The molecule has 1 atom stereocenters. The molecule has 1 aromatic carbocycles. The van der Waals surface area contributed by atoms with Crippen LogP contribution in [0.25, 0.3) is 22.2 Å². The SMILES string of the molecule is C.c1cc(Cc2c[nH]c3ncc(-c4ccsc4)cc23)cc(OCCOC2CCCCO2)c1. The lowest BCUT2D eigenvalue weighted by Crippen LogP contribution is -2.24. The summed E-state index contributed by atoms with van der Waals surface area (Å²) in [5, 5.41) is 5.41. The highest BCUT2D eigenvalue weighted by molar-refractivity contribution is 7.08. The van der Waals surface area contributed by atoms with E-state index >= 15 is 0 Å². The summed E-state index contributed by atoms with van der Waals surface area (Å²) in [6, 6.07) is 12.6. The number of hydrogen-bond acceptors (Lipinski definition) is 5. The van der Waals surface area contributed by atoms with Crippen LogP contribution in [0.15, 0.2) is 59.6 Å². The number of benzene rings is 1. The quantitative estimate of drug-likeness (QED) is 0.314. The van der Waals surface area contributed by atoms with Gasteiger partial charge in [0.15, 0.2) is 6.29 Å². The van der Waals surface area contributed by atoms with Gasteiger partial charge in [-0.2, -0.15) is 11.3 Å². The molecular weight excluding hydrogens is 420 g/mol. The van der Waals surface area contributed by atoms with Gasteiger partial charge in [-0.3, -0.25) is 0 Å². The van der Waals surface area contributed by atoms with Crippen LogP contribution in [0.4, 0.5) is 0 Å². The van der Waals surface area contributed by atoms with Gasteiger partial charge < -0.3 is 19.2 Å². The minimum absolute atomic E-state index is 0. The number of aromatic nitrogens is 2. The van der Waals surface area contributed by atoms with Gasteiger partial charge in [0.1, 0.15) is 18.0 Å². The van der Waals surface area contributed by atoms with Crippen molar-refractivity contribution in [3.63, 3.8) is 0 Å². The Balaban J connectivity index is 0.00000245. The molecule has 1 aliphatic heterocycles. The Bertz CT molecular complexity index is 1120. The fourth-order valence-corrected chi connectivity index (χ4v) is 4.60. The summed E-state index contributed by atoms with van der Waals surface area (Å²) in [5.41, 5.74) is 5.71. The molecular formula is C26H30N2O3S. The number of nitrogens with zero attached hydrogens (tertiary/aromatic N) is 1. The maximum atomic E-state index is 5.91. The topological polar surface area (TPSA) is 56.4 Å². The molecule has 0 amide bonds. The van der Waals surface area contributed by atoms with E-state index in [1.807, 2.05) is 18.3 Å². The Hall–Kier alpha value is -2.67. The number of fused-ring (bicyclic) bond motifs is 1. The summed E-state index contributed by atoms with van der Waals surface area (Å²) in [6.45, 7) is 1.85. The first-order chi connectivity index (χ1) is 15.3. The van der Waals surface area contributed by atoms with Crippen molar-refractivity contribution >= 4 is 22.4 Å². The normalized spacial score (nSPS) is 16.1. The Kier molecular flexibility index (Phi) is 7.58. The minimum Gasteiger partial charge on any atom is -0.491 e. The van der Waals surface area contributed by atoms with E-state index in [2.05, 4.69) is 51.2 Å². The summed E-state index contributed by atoms with van der Waals surface area (Å²) in [6.07, 6.45) is 8.01. The van der Waals surface area contributed by atoms with Crippen LogP contribution in [0.2, 0.25) is 0 Å². The average Bonchev–Trinajstić information content (AvgIpc) is 3.48. The van der Waals surface area contributed by atoms with Crippen LogP contribution < -0.4 is 4.74 Å². The van der Waals surface area contributed by atoms with Gasteiger partial charge in [0, 0.05) is 30.0 Å². The monoisotopic (exact) mass is 450 g/mol. The molecule has 6 heteroatoms. The highest BCUT2D eigenvalue weighted by atomic mass is 32.1. The Labute approximate surface area is 193 Å². The van der Waals surface area contributed by atoms with Crippen LogP contribution in [0.5, 0.6) is 5.75 Å². The molecule has 1 aliphatic rings. The Morgan fingerprint density at radius 1 is 1.12 bits per heavy atom. The lowest BCUT2D eigenvalue weighted by atomic mass is 10.0. The number of rotatable bonds is 8. The standard InChI is InChI=1S/C25H26N2O3S.CH4/c1-2-8-29-24(6-1)30-10-9-28-22-5-3-4-18(13-22)12-21-16-27-25-23(21)14-20(15-26-25)19-7-11-31-17-19;/h3-5,7,11,13-17,24H,1-2,6,8-10,12H2,(H,26,27);1H4. The van der Waals surface area contributed by atoms with Gasteiger partial charge >= 0.3 is 0 Å². The van der Waals surface area contributed by atoms with Crippen LogP contribution in [-0.4, -0.2) is 36.1 Å². The number of aromatic amines is 1. The summed E-state index contributed by atoms with van der Waals surface area (Å²) in [5.74, 6) is 0.864. The number of hydrogen-bond donors (Lipinski definition) is 1. The third-order valence-corrected chi connectivity index (χ3v) is 6.24. The maximum absolute atomic E-state index is 5.91. The summed E-state index contributed by atoms with van der Waals surface area (Å²) in [7, 11) is 0. The second-order valence-electron chi connectivity index (χ2n) is 7.79. The molecule has 5 rings (SSSR count). The van der Waals surface area contributed by atoms with Crippen molar-refractivity contribution in [3.8, 4) is 16.9 Å². The molecule has 32 heavy (non-hydrogen) atoms. The van der Waals surface area contributed by atoms with Gasteiger partial charge in [0.05, 0.1) is 6.61 Å². The molecule has 3 aromatic heterocycles. The predicted octanol–water partition coefficient (Wildman–Crippen LogP) is 6.44. The summed E-state index contributed by atoms with van der Waals surface area (Å²) >= 11 is 1.70. The molecule has 0 radical (unpaired) electrons. The molecule has 0 bridgehead atoms. The van der Waals surface area contributed by atoms with Gasteiger partial charge in [-0.15, -0.1) is 0 Å². The number of thiophene rings is 1. The van der Waals surface area contributed by atoms with Crippen LogP contribution in [-0.2, 0) is 15.9 Å². The number of nitrogens with one attached hydrogen (secondary N) is 1. The zero-order valence-corrected chi connectivity index (χ0v) is 18.2. The third kappa shape index (κ3) is 5.38. The van der Waals surface area contributed by atoms with Crippen LogP contribution in [0.1, 0.15) is 37.8 Å². The first-order valence-electron chi connectivity index (χ1n) is 10.8. The highest BCUT2D eigenvalue weighted by Gasteiger charge is 2.13. The fraction of sp³-hybridized carbons (Fsp3) is 0.346. The maximum Gasteiger partial charge on any atom is 0.157 e. The van der Waals surface area contributed by atoms with E-state index in [1.165, 1.54) is 23.1 Å². The van der Waals surface area contributed by atoms with Gasteiger partial charge in [0.2, 0.25) is 0 Å². The molecule has 1 fully saturated rings. The fourth-order valence-electron chi connectivity index (χ4n) is 3.94. The first kappa shape index (κ1) is 22.5. The van der Waals surface area contributed by atoms with Crippen molar-refractivity contribution in [2.24, 2.45) is 0 Å². The lowest BCUT2D eigenvalue weighted by Gasteiger charge is -2.22. The van der Waals surface area contributed by atoms with Crippen molar-refractivity contribution in [1.29, 1.82) is 0 Å². The molecule has 5 nitrogen and oxygen atoms in total. The first-order valence-corrected chi connectivity index (χ1v) is 11.7. The molecule has 1 saturated heterocycles. The van der Waals surface area contributed by atoms with Crippen molar-refractivity contribution in [1.82, 2.24) is 9.97 Å². The summed E-state index contributed by atoms with van der Waals surface area (Å²) in [4.78, 5) is 7.91.